The van der Waals surface area contributed by atoms with Gasteiger partial charge in [0.25, 0.3) is 0 Å². The van der Waals surface area contributed by atoms with Gasteiger partial charge in [-0.2, -0.15) is 0 Å². The Morgan fingerprint density at radius 1 is 1.14 bits per heavy atom. The van der Waals surface area contributed by atoms with E-state index < -0.39 is 5.97 Å². The van der Waals surface area contributed by atoms with Gasteiger partial charge in [-0.1, -0.05) is 12.1 Å². The van der Waals surface area contributed by atoms with E-state index in [4.69, 9.17) is 5.11 Å². The number of benzene rings is 1. The maximum atomic E-state index is 12.3. The average molecular weight is 337 g/mol. The number of amides is 1. The molecular weight excluding hydrogens is 318 g/mol. The number of hydrogen-bond acceptors (Lipinski definition) is 4. The normalized spacial score (nSPS) is 25.3. The van der Waals surface area contributed by atoms with Crippen LogP contribution in [0.15, 0.2) is 24.3 Å². The van der Waals surface area contributed by atoms with Crippen molar-refractivity contribution >= 4 is 41.1 Å². The molecule has 0 radical (unpaired) electrons. The SMILES string of the molecule is O=C(O)[C@@H]1CC[C@H](C(=O)Nc2cccc(C3SCCS3)c2)C1. The summed E-state index contributed by atoms with van der Waals surface area (Å²) in [7, 11) is 0. The van der Waals surface area contributed by atoms with Crippen LogP contribution in [-0.2, 0) is 9.59 Å². The number of carboxylic acid groups (broad SMARTS) is 1. The number of thioether (sulfide) groups is 2. The zero-order chi connectivity index (χ0) is 15.5. The Kier molecular flexibility index (Phi) is 4.98. The van der Waals surface area contributed by atoms with Gasteiger partial charge in [0.1, 0.15) is 0 Å². The Labute approximate surface area is 138 Å². The van der Waals surface area contributed by atoms with Crippen molar-refractivity contribution in [3.63, 3.8) is 0 Å². The van der Waals surface area contributed by atoms with Crippen molar-refractivity contribution in [2.24, 2.45) is 11.8 Å². The van der Waals surface area contributed by atoms with Gasteiger partial charge >= 0.3 is 5.97 Å². The first-order valence-electron chi connectivity index (χ1n) is 7.50. The fourth-order valence-corrected chi connectivity index (χ4v) is 5.84. The molecular formula is C16H19NO3S2. The molecule has 6 heteroatoms. The minimum absolute atomic E-state index is 0.0485. The van der Waals surface area contributed by atoms with Gasteiger partial charge in [0, 0.05) is 23.1 Å². The molecule has 2 fully saturated rings. The Hall–Kier alpha value is -1.14. The number of carbonyl (C=O) groups is 2. The summed E-state index contributed by atoms with van der Waals surface area (Å²) in [5.74, 6) is 0.961. The third kappa shape index (κ3) is 3.60. The van der Waals surface area contributed by atoms with Crippen LogP contribution in [0.3, 0.4) is 0 Å². The van der Waals surface area contributed by atoms with E-state index in [-0.39, 0.29) is 17.7 Å². The summed E-state index contributed by atoms with van der Waals surface area (Å²) in [4.78, 5) is 23.3. The number of carboxylic acids is 1. The number of nitrogens with one attached hydrogen (secondary N) is 1. The van der Waals surface area contributed by atoms with E-state index in [9.17, 15) is 9.59 Å². The molecule has 2 atom stereocenters. The van der Waals surface area contributed by atoms with E-state index >= 15 is 0 Å². The minimum atomic E-state index is -0.785. The summed E-state index contributed by atoms with van der Waals surface area (Å²) in [6, 6.07) is 8.01. The van der Waals surface area contributed by atoms with Crippen LogP contribution in [0, 0.1) is 11.8 Å². The second-order valence-electron chi connectivity index (χ2n) is 5.73. The molecule has 0 bridgehead atoms. The van der Waals surface area contributed by atoms with Gasteiger partial charge in [0.2, 0.25) is 5.91 Å². The van der Waals surface area contributed by atoms with E-state index in [1.807, 2.05) is 41.7 Å². The molecule has 1 aromatic rings. The smallest absolute Gasteiger partial charge is 0.306 e. The Morgan fingerprint density at radius 3 is 2.55 bits per heavy atom. The quantitative estimate of drug-likeness (QED) is 0.879. The van der Waals surface area contributed by atoms with Crippen LogP contribution in [0.4, 0.5) is 5.69 Å². The van der Waals surface area contributed by atoms with Crippen molar-refractivity contribution in [1.29, 1.82) is 0 Å². The van der Waals surface area contributed by atoms with Crippen LogP contribution in [0.5, 0.6) is 0 Å². The highest BCUT2D eigenvalue weighted by molar-refractivity contribution is 8.19. The Morgan fingerprint density at radius 2 is 1.86 bits per heavy atom. The molecule has 1 aliphatic heterocycles. The van der Waals surface area contributed by atoms with Crippen molar-refractivity contribution in [3.05, 3.63) is 29.8 Å². The predicted molar refractivity (Wildman–Crippen MR) is 91.2 cm³/mol. The van der Waals surface area contributed by atoms with Gasteiger partial charge in [-0.15, -0.1) is 23.5 Å². The highest BCUT2D eigenvalue weighted by Crippen LogP contribution is 2.45. The molecule has 2 N–H and O–H groups in total. The van der Waals surface area contributed by atoms with Crippen LogP contribution >= 0.6 is 23.5 Å². The summed E-state index contributed by atoms with van der Waals surface area (Å²) in [5.41, 5.74) is 2.05. The Balaban J connectivity index is 1.62. The molecule has 0 unspecified atom stereocenters. The van der Waals surface area contributed by atoms with Crippen molar-refractivity contribution in [2.75, 3.05) is 16.8 Å². The van der Waals surface area contributed by atoms with E-state index in [0.29, 0.717) is 23.8 Å². The topological polar surface area (TPSA) is 66.4 Å². The predicted octanol–water partition coefficient (Wildman–Crippen LogP) is 3.60. The number of hydrogen-bond donors (Lipinski definition) is 2. The van der Waals surface area contributed by atoms with Crippen molar-refractivity contribution < 1.29 is 14.7 Å². The summed E-state index contributed by atoms with van der Waals surface area (Å²) < 4.78 is 0.458. The largest absolute Gasteiger partial charge is 0.481 e. The molecule has 1 saturated heterocycles. The van der Waals surface area contributed by atoms with Gasteiger partial charge in [0.15, 0.2) is 0 Å². The highest BCUT2D eigenvalue weighted by atomic mass is 32.2. The van der Waals surface area contributed by atoms with Gasteiger partial charge in [-0.05, 0) is 37.0 Å². The van der Waals surface area contributed by atoms with Crippen LogP contribution in [-0.4, -0.2) is 28.5 Å². The van der Waals surface area contributed by atoms with Crippen molar-refractivity contribution in [2.45, 2.75) is 23.8 Å². The average Bonchev–Trinajstić information content (AvgIpc) is 3.19. The third-order valence-corrected chi connectivity index (χ3v) is 7.31. The minimum Gasteiger partial charge on any atom is -0.481 e. The van der Waals surface area contributed by atoms with Gasteiger partial charge in [-0.25, -0.2) is 0 Å². The summed E-state index contributed by atoms with van der Waals surface area (Å²) in [6.07, 6.45) is 1.72. The lowest BCUT2D eigenvalue weighted by molar-refractivity contribution is -0.141. The van der Waals surface area contributed by atoms with Gasteiger partial charge in [-0.3, -0.25) is 9.59 Å². The second-order valence-corrected chi connectivity index (χ2v) is 8.46. The highest BCUT2D eigenvalue weighted by Gasteiger charge is 2.33. The first kappa shape index (κ1) is 15.7. The fourth-order valence-electron chi connectivity index (χ4n) is 3.00. The number of anilines is 1. The lowest BCUT2D eigenvalue weighted by Gasteiger charge is -2.13. The zero-order valence-corrected chi connectivity index (χ0v) is 13.8. The van der Waals surface area contributed by atoms with E-state index in [0.717, 1.165) is 5.69 Å². The van der Waals surface area contributed by atoms with E-state index in [1.54, 1.807) is 0 Å². The maximum Gasteiger partial charge on any atom is 0.306 e. The van der Waals surface area contributed by atoms with E-state index in [1.165, 1.54) is 17.1 Å². The summed E-state index contributed by atoms with van der Waals surface area (Å²) in [5, 5.41) is 12.0. The molecule has 0 aromatic heterocycles. The molecule has 3 rings (SSSR count). The maximum absolute atomic E-state index is 12.3. The molecule has 4 nitrogen and oxygen atoms in total. The van der Waals surface area contributed by atoms with Crippen LogP contribution in [0.2, 0.25) is 0 Å². The number of aliphatic carboxylic acids is 1. The summed E-state index contributed by atoms with van der Waals surface area (Å²) in [6.45, 7) is 0. The molecule has 22 heavy (non-hydrogen) atoms. The van der Waals surface area contributed by atoms with Gasteiger partial charge in [0.05, 0.1) is 10.5 Å². The zero-order valence-electron chi connectivity index (χ0n) is 12.2. The van der Waals surface area contributed by atoms with Crippen LogP contribution < -0.4 is 5.32 Å². The first-order valence-corrected chi connectivity index (χ1v) is 9.60. The molecule has 0 spiro atoms. The first-order chi connectivity index (χ1) is 10.6. The lowest BCUT2D eigenvalue weighted by atomic mass is 10.0. The van der Waals surface area contributed by atoms with Crippen molar-refractivity contribution in [3.8, 4) is 0 Å². The molecule has 118 valence electrons. The number of rotatable bonds is 4. The molecule has 1 aromatic carbocycles. The third-order valence-electron chi connectivity index (χ3n) is 4.20. The number of carbonyl (C=O) groups excluding carboxylic acids is 1. The molecule has 1 amide bonds. The van der Waals surface area contributed by atoms with Crippen LogP contribution in [0.1, 0.15) is 29.4 Å². The fraction of sp³-hybridized carbons (Fsp3) is 0.500. The monoisotopic (exact) mass is 337 g/mol. The van der Waals surface area contributed by atoms with Gasteiger partial charge < -0.3 is 10.4 Å². The summed E-state index contributed by atoms with van der Waals surface area (Å²) >= 11 is 3.87. The van der Waals surface area contributed by atoms with Crippen molar-refractivity contribution in [1.82, 2.24) is 0 Å². The standard InChI is InChI=1S/C16H19NO3S2/c18-14(10-4-5-11(8-10)15(19)20)17-13-3-1-2-12(9-13)16-21-6-7-22-16/h1-3,9-11,16H,4-8H2,(H,17,18)(H,19,20)/t10-,11+/m0/s1. The molecule has 1 aliphatic carbocycles. The second kappa shape index (κ2) is 6.96. The molecule has 2 aliphatic rings. The Bertz CT molecular complexity index is 572. The lowest BCUT2D eigenvalue weighted by Crippen LogP contribution is -2.21. The van der Waals surface area contributed by atoms with Crippen LogP contribution in [0.25, 0.3) is 0 Å². The molecule has 1 heterocycles. The van der Waals surface area contributed by atoms with E-state index in [2.05, 4.69) is 11.4 Å². The molecule has 1 saturated carbocycles.